The van der Waals surface area contributed by atoms with Crippen molar-refractivity contribution in [1.29, 1.82) is 0 Å². The summed E-state index contributed by atoms with van der Waals surface area (Å²) in [5.74, 6) is -0.540. The number of aromatic nitrogens is 4. The van der Waals surface area contributed by atoms with E-state index in [1.807, 2.05) is 42.9 Å². The summed E-state index contributed by atoms with van der Waals surface area (Å²) in [4.78, 5) is 26.0. The van der Waals surface area contributed by atoms with Gasteiger partial charge in [-0.05, 0) is 37.4 Å². The molecule has 0 radical (unpaired) electrons. The molecule has 8 heteroatoms. The fourth-order valence-corrected chi connectivity index (χ4v) is 3.88. The Balaban J connectivity index is 0.00000102. The molecule has 138 valence electrons. The fraction of sp³-hybridized carbons (Fsp3) is 0.158. The van der Waals surface area contributed by atoms with Crippen LogP contribution in [0.3, 0.4) is 0 Å². The molecule has 0 saturated carbocycles. The highest BCUT2D eigenvalue weighted by Gasteiger charge is 2.19. The first-order valence-corrected chi connectivity index (χ1v) is 9.84. The van der Waals surface area contributed by atoms with Crippen LogP contribution in [0.5, 0.6) is 0 Å². The van der Waals surface area contributed by atoms with Gasteiger partial charge in [0, 0.05) is 36.6 Å². The van der Waals surface area contributed by atoms with E-state index in [4.69, 9.17) is 5.73 Å². The molecule has 2 N–H and O–H groups in total. The molecule has 0 atom stereocenters. The summed E-state index contributed by atoms with van der Waals surface area (Å²) in [7, 11) is 1.95. The first-order chi connectivity index (χ1) is 13.0. The summed E-state index contributed by atoms with van der Waals surface area (Å²) in [6.07, 6.45) is 7.16. The molecule has 0 aromatic carbocycles. The first kappa shape index (κ1) is 19.1. The van der Waals surface area contributed by atoms with Crippen LogP contribution in [0.15, 0.2) is 42.9 Å². The van der Waals surface area contributed by atoms with Gasteiger partial charge < -0.3 is 10.3 Å². The van der Waals surface area contributed by atoms with Crippen LogP contribution in [0.2, 0.25) is 0 Å². The summed E-state index contributed by atoms with van der Waals surface area (Å²) >= 11 is 5.06. The minimum absolute atomic E-state index is 0.254. The Bertz CT molecular complexity index is 1100. The van der Waals surface area contributed by atoms with E-state index in [9.17, 15) is 4.79 Å². The molecular weight excluding hydrogens is 378 g/mol. The van der Waals surface area contributed by atoms with Crippen LogP contribution in [-0.4, -0.2) is 31.7 Å². The second-order valence-electron chi connectivity index (χ2n) is 5.76. The molecule has 6 nitrogen and oxygen atoms in total. The molecule has 4 aromatic heterocycles. The van der Waals surface area contributed by atoms with Gasteiger partial charge in [-0.2, -0.15) is 12.6 Å². The van der Waals surface area contributed by atoms with E-state index in [1.54, 1.807) is 24.7 Å². The molecule has 0 bridgehead atoms. The van der Waals surface area contributed by atoms with Gasteiger partial charge in [-0.25, -0.2) is 9.97 Å². The maximum atomic E-state index is 11.7. The number of pyridine rings is 2. The number of hydrogen-bond acceptors (Lipinski definition) is 6. The molecule has 0 aliphatic carbocycles. The van der Waals surface area contributed by atoms with Crippen molar-refractivity contribution < 1.29 is 4.79 Å². The molecule has 0 saturated heterocycles. The van der Waals surface area contributed by atoms with Gasteiger partial charge in [0.05, 0.1) is 16.1 Å². The maximum absolute atomic E-state index is 11.7. The zero-order valence-corrected chi connectivity index (χ0v) is 16.9. The topological polar surface area (TPSA) is 86.7 Å². The van der Waals surface area contributed by atoms with Crippen molar-refractivity contribution in [1.82, 2.24) is 19.5 Å². The quantitative estimate of drug-likeness (QED) is 0.516. The average molecular weight is 398 g/mol. The smallest absolute Gasteiger partial charge is 0.267 e. The Morgan fingerprint density at radius 2 is 2.04 bits per heavy atom. The van der Waals surface area contributed by atoms with Crippen LogP contribution in [0.25, 0.3) is 32.0 Å². The lowest BCUT2D eigenvalue weighted by atomic mass is 10.1. The maximum Gasteiger partial charge on any atom is 0.267 e. The number of amides is 1. The lowest BCUT2D eigenvalue weighted by Gasteiger charge is -2.06. The number of nitrogens with two attached hydrogens (primary N) is 1. The Labute approximate surface area is 166 Å². The van der Waals surface area contributed by atoms with Crippen molar-refractivity contribution in [3.05, 3.63) is 54.2 Å². The number of carbonyl (C=O) groups excluding carboxylic acids is 1. The minimum atomic E-state index is -0.540. The normalized spacial score (nSPS) is 10.5. The molecule has 4 heterocycles. The van der Waals surface area contributed by atoms with Crippen molar-refractivity contribution in [2.75, 3.05) is 6.26 Å². The van der Waals surface area contributed by atoms with Crippen LogP contribution in [-0.2, 0) is 7.05 Å². The Morgan fingerprint density at radius 1 is 1.26 bits per heavy atom. The van der Waals surface area contributed by atoms with Crippen LogP contribution in [0, 0.1) is 6.92 Å². The van der Waals surface area contributed by atoms with Gasteiger partial charge >= 0.3 is 0 Å². The second-order valence-corrected chi connectivity index (χ2v) is 6.76. The Hall–Kier alpha value is -2.71. The molecule has 0 unspecified atom stereocenters. The predicted molar refractivity (Wildman–Crippen MR) is 113 cm³/mol. The largest absolute Gasteiger partial charge is 0.364 e. The fourth-order valence-electron chi connectivity index (χ4n) is 2.84. The Morgan fingerprint density at radius 3 is 2.70 bits per heavy atom. The number of thiazole rings is 1. The van der Waals surface area contributed by atoms with E-state index < -0.39 is 5.91 Å². The van der Waals surface area contributed by atoms with Gasteiger partial charge in [0.25, 0.3) is 5.91 Å². The van der Waals surface area contributed by atoms with E-state index in [0.717, 1.165) is 37.7 Å². The van der Waals surface area contributed by atoms with Gasteiger partial charge in [0.1, 0.15) is 16.4 Å². The third kappa shape index (κ3) is 3.58. The number of nitrogens with zero attached hydrogens (tertiary/aromatic N) is 4. The summed E-state index contributed by atoms with van der Waals surface area (Å²) in [5, 5.41) is 1.80. The van der Waals surface area contributed by atoms with E-state index in [-0.39, 0.29) is 5.69 Å². The number of primary amides is 1. The molecule has 4 rings (SSSR count). The molecule has 0 aliphatic heterocycles. The standard InChI is InChI=1S/C18H15N5OS.CH4S/c1-10-16(25-18(21-10)12-4-3-6-20-9-12)14-15-11(5-7-23(15)2)8-13(22-14)17(19)24;1-2/h3-9H,1-2H3,(H2,19,24);2H,1H3. The lowest BCUT2D eigenvalue weighted by molar-refractivity contribution is 0.0996. The van der Waals surface area contributed by atoms with Gasteiger partial charge in [0.2, 0.25) is 0 Å². The van der Waals surface area contributed by atoms with E-state index in [1.165, 1.54) is 11.3 Å². The van der Waals surface area contributed by atoms with Gasteiger partial charge in [-0.15, -0.1) is 11.3 Å². The number of carbonyl (C=O) groups is 1. The van der Waals surface area contributed by atoms with E-state index in [2.05, 4.69) is 27.6 Å². The third-order valence-electron chi connectivity index (χ3n) is 4.03. The number of hydrogen-bond donors (Lipinski definition) is 2. The van der Waals surface area contributed by atoms with Crippen LogP contribution in [0.4, 0.5) is 0 Å². The van der Waals surface area contributed by atoms with E-state index >= 15 is 0 Å². The molecule has 0 fully saturated rings. The van der Waals surface area contributed by atoms with E-state index in [0.29, 0.717) is 0 Å². The zero-order chi connectivity index (χ0) is 19.6. The van der Waals surface area contributed by atoms with Gasteiger partial charge in [0.15, 0.2) is 0 Å². The van der Waals surface area contributed by atoms with Crippen molar-refractivity contribution >= 4 is 40.8 Å². The molecular formula is C19H19N5OS2. The van der Waals surface area contributed by atoms with Gasteiger partial charge in [-0.1, -0.05) is 0 Å². The number of fused-ring (bicyclic) bond motifs is 1. The summed E-state index contributed by atoms with van der Waals surface area (Å²) in [5.41, 5.74) is 9.21. The summed E-state index contributed by atoms with van der Waals surface area (Å²) < 4.78 is 1.99. The van der Waals surface area contributed by atoms with Crippen molar-refractivity contribution in [2.45, 2.75) is 6.92 Å². The lowest BCUT2D eigenvalue weighted by Crippen LogP contribution is -2.13. The zero-order valence-electron chi connectivity index (χ0n) is 15.2. The molecule has 27 heavy (non-hydrogen) atoms. The van der Waals surface area contributed by atoms with Crippen molar-refractivity contribution in [2.24, 2.45) is 12.8 Å². The monoisotopic (exact) mass is 397 g/mol. The number of rotatable bonds is 3. The Kier molecular flexibility index (Phi) is 5.57. The predicted octanol–water partition coefficient (Wildman–Crippen LogP) is 3.71. The molecule has 0 spiro atoms. The highest BCUT2D eigenvalue weighted by Crippen LogP contribution is 2.37. The SMILES string of the molecule is CS.Cc1nc(-c2cccnc2)sc1-c1nc(C(N)=O)cc2ccn(C)c12. The highest BCUT2D eigenvalue weighted by molar-refractivity contribution is 7.79. The summed E-state index contributed by atoms with van der Waals surface area (Å²) in [6, 6.07) is 7.53. The third-order valence-corrected chi connectivity index (χ3v) is 5.24. The highest BCUT2D eigenvalue weighted by atomic mass is 32.1. The van der Waals surface area contributed by atoms with Crippen molar-refractivity contribution in [3.63, 3.8) is 0 Å². The number of thiol groups is 1. The molecule has 0 aliphatic rings. The minimum Gasteiger partial charge on any atom is -0.364 e. The number of aryl methyl sites for hydroxylation is 2. The molecule has 4 aromatic rings. The van der Waals surface area contributed by atoms with Gasteiger partial charge in [-0.3, -0.25) is 9.78 Å². The van der Waals surface area contributed by atoms with Crippen LogP contribution >= 0.6 is 24.0 Å². The average Bonchev–Trinajstić information content (AvgIpc) is 3.26. The van der Waals surface area contributed by atoms with Crippen LogP contribution in [0.1, 0.15) is 16.2 Å². The van der Waals surface area contributed by atoms with Crippen LogP contribution < -0.4 is 5.73 Å². The first-order valence-electron chi connectivity index (χ1n) is 8.13. The molecule has 1 amide bonds. The van der Waals surface area contributed by atoms with Crippen molar-refractivity contribution in [3.8, 4) is 21.1 Å². The summed E-state index contributed by atoms with van der Waals surface area (Å²) in [6.45, 7) is 1.94. The second kappa shape index (κ2) is 7.89.